The number of thioether (sulfide) groups is 1. The molecule has 8 heteroatoms. The molecule has 2 aromatic carbocycles. The molecule has 152 valence electrons. The molecule has 0 saturated carbocycles. The molecule has 0 aliphatic carbocycles. The molecule has 0 unspecified atom stereocenters. The highest BCUT2D eigenvalue weighted by molar-refractivity contribution is 8.04. The summed E-state index contributed by atoms with van der Waals surface area (Å²) in [5.74, 6) is 0.342. The van der Waals surface area contributed by atoms with E-state index in [-0.39, 0.29) is 12.5 Å². The van der Waals surface area contributed by atoms with Gasteiger partial charge in [0.05, 0.1) is 11.5 Å². The number of hydrogen-bond acceptors (Lipinski definition) is 7. The summed E-state index contributed by atoms with van der Waals surface area (Å²) in [5, 5.41) is 14.4. The number of ether oxygens (including phenoxy) is 2. The SMILES string of the molecule is CCOC(=O)c1sc(NC(=O)c2cccc(Oc3ccccc3)c2)c(SC#N)c1C. The van der Waals surface area contributed by atoms with Gasteiger partial charge in [0.2, 0.25) is 0 Å². The summed E-state index contributed by atoms with van der Waals surface area (Å²) >= 11 is 1.99. The van der Waals surface area contributed by atoms with Gasteiger partial charge in [-0.1, -0.05) is 24.3 Å². The van der Waals surface area contributed by atoms with Crippen molar-refractivity contribution in [3.63, 3.8) is 0 Å². The first kappa shape index (κ1) is 21.4. The van der Waals surface area contributed by atoms with E-state index < -0.39 is 5.97 Å². The number of hydrogen-bond donors (Lipinski definition) is 1. The number of nitriles is 1. The standard InChI is InChI=1S/C22H18N2O4S2/c1-3-27-22(26)19-14(2)18(29-13-23)21(30-19)24-20(25)15-8-7-11-17(12-15)28-16-9-5-4-6-10-16/h4-12H,3H2,1-2H3,(H,24,25). The minimum atomic E-state index is -0.474. The van der Waals surface area contributed by atoms with Crippen molar-refractivity contribution >= 4 is 40.0 Å². The maximum absolute atomic E-state index is 12.8. The molecule has 1 N–H and O–H groups in total. The molecule has 6 nitrogen and oxygen atoms in total. The first-order valence-electron chi connectivity index (χ1n) is 9.04. The molecule has 30 heavy (non-hydrogen) atoms. The third-order valence-corrected chi connectivity index (χ3v) is 6.12. The van der Waals surface area contributed by atoms with Crippen molar-refractivity contribution < 1.29 is 19.1 Å². The highest BCUT2D eigenvalue weighted by Crippen LogP contribution is 2.40. The second kappa shape index (κ2) is 9.96. The molecule has 0 fully saturated rings. The van der Waals surface area contributed by atoms with Crippen LogP contribution in [0, 0.1) is 17.6 Å². The van der Waals surface area contributed by atoms with Crippen LogP contribution in [0.5, 0.6) is 11.5 Å². The summed E-state index contributed by atoms with van der Waals surface area (Å²) in [4.78, 5) is 25.9. The molecule has 0 bridgehead atoms. The molecular weight excluding hydrogens is 420 g/mol. The molecular formula is C22H18N2O4S2. The van der Waals surface area contributed by atoms with Gasteiger partial charge in [0.1, 0.15) is 26.8 Å². The number of para-hydroxylation sites is 1. The van der Waals surface area contributed by atoms with E-state index >= 15 is 0 Å². The fraction of sp³-hybridized carbons (Fsp3) is 0.136. The number of rotatable bonds is 7. The molecule has 0 aliphatic heterocycles. The topological polar surface area (TPSA) is 88.4 Å². The molecule has 0 spiro atoms. The summed E-state index contributed by atoms with van der Waals surface area (Å²) in [6, 6.07) is 16.0. The van der Waals surface area contributed by atoms with Crippen molar-refractivity contribution in [3.05, 3.63) is 70.6 Å². The fourth-order valence-electron chi connectivity index (χ4n) is 2.64. The molecule has 0 atom stereocenters. The van der Waals surface area contributed by atoms with E-state index in [1.807, 2.05) is 35.7 Å². The molecule has 1 aromatic heterocycles. The van der Waals surface area contributed by atoms with Gasteiger partial charge in [0.25, 0.3) is 5.91 Å². The van der Waals surface area contributed by atoms with Crippen LogP contribution in [0.2, 0.25) is 0 Å². The number of thiocyanates is 1. The van der Waals surface area contributed by atoms with Gasteiger partial charge in [-0.25, -0.2) is 4.79 Å². The van der Waals surface area contributed by atoms with Gasteiger partial charge >= 0.3 is 5.97 Å². The summed E-state index contributed by atoms with van der Waals surface area (Å²) in [6.07, 6.45) is 0. The Morgan fingerprint density at radius 2 is 1.87 bits per heavy atom. The summed E-state index contributed by atoms with van der Waals surface area (Å²) in [5.41, 5.74) is 1.00. The molecule has 1 amide bonds. The molecule has 3 rings (SSSR count). The van der Waals surface area contributed by atoms with Gasteiger partial charge in [-0.05, 0) is 61.5 Å². The van der Waals surface area contributed by atoms with E-state index in [1.54, 1.807) is 38.1 Å². The van der Waals surface area contributed by atoms with Crippen LogP contribution in [0.4, 0.5) is 5.00 Å². The molecule has 0 aliphatic rings. The van der Waals surface area contributed by atoms with Crippen LogP contribution in [0.3, 0.4) is 0 Å². The minimum Gasteiger partial charge on any atom is -0.462 e. The number of esters is 1. The van der Waals surface area contributed by atoms with Crippen molar-refractivity contribution in [1.82, 2.24) is 0 Å². The van der Waals surface area contributed by atoms with Crippen molar-refractivity contribution in [3.8, 4) is 16.9 Å². The minimum absolute atomic E-state index is 0.243. The lowest BCUT2D eigenvalue weighted by molar-refractivity contribution is 0.0531. The number of anilines is 1. The van der Waals surface area contributed by atoms with Crippen LogP contribution in [-0.4, -0.2) is 18.5 Å². The van der Waals surface area contributed by atoms with E-state index in [0.717, 1.165) is 23.1 Å². The average Bonchev–Trinajstić information content (AvgIpc) is 3.05. The summed E-state index contributed by atoms with van der Waals surface area (Å²) in [6.45, 7) is 3.69. The molecule has 0 saturated heterocycles. The van der Waals surface area contributed by atoms with E-state index in [1.165, 1.54) is 0 Å². The Morgan fingerprint density at radius 1 is 1.13 bits per heavy atom. The molecule has 0 radical (unpaired) electrons. The van der Waals surface area contributed by atoms with Crippen LogP contribution < -0.4 is 10.1 Å². The first-order valence-corrected chi connectivity index (χ1v) is 10.7. The number of benzene rings is 2. The van der Waals surface area contributed by atoms with Crippen LogP contribution in [0.25, 0.3) is 0 Å². The predicted octanol–water partition coefficient (Wildman–Crippen LogP) is 5.85. The Morgan fingerprint density at radius 3 is 2.57 bits per heavy atom. The van der Waals surface area contributed by atoms with Crippen molar-refractivity contribution in [2.45, 2.75) is 18.7 Å². The quantitative estimate of drug-likeness (QED) is 0.283. The summed E-state index contributed by atoms with van der Waals surface area (Å²) < 4.78 is 10.8. The third-order valence-electron chi connectivity index (χ3n) is 4.00. The Bertz CT molecular complexity index is 1100. The highest BCUT2D eigenvalue weighted by atomic mass is 32.2. The fourth-order valence-corrected chi connectivity index (χ4v) is 4.44. The Hall–Kier alpha value is -3.28. The van der Waals surface area contributed by atoms with Gasteiger partial charge < -0.3 is 14.8 Å². The zero-order valence-electron chi connectivity index (χ0n) is 16.3. The Kier molecular flexibility index (Phi) is 7.12. The van der Waals surface area contributed by atoms with Crippen LogP contribution in [0.1, 0.15) is 32.5 Å². The zero-order chi connectivity index (χ0) is 21.5. The maximum atomic E-state index is 12.8. The van der Waals surface area contributed by atoms with Crippen LogP contribution in [-0.2, 0) is 4.74 Å². The van der Waals surface area contributed by atoms with Crippen LogP contribution >= 0.6 is 23.1 Å². The number of nitrogens with zero attached hydrogens (tertiary/aromatic N) is 1. The van der Waals surface area contributed by atoms with Gasteiger partial charge in [-0.3, -0.25) is 4.79 Å². The van der Waals surface area contributed by atoms with Gasteiger partial charge in [-0.15, -0.1) is 11.3 Å². The lowest BCUT2D eigenvalue weighted by Crippen LogP contribution is -2.11. The predicted molar refractivity (Wildman–Crippen MR) is 117 cm³/mol. The number of carbonyl (C=O) groups excluding carboxylic acids is 2. The van der Waals surface area contributed by atoms with Gasteiger partial charge in [0.15, 0.2) is 0 Å². The van der Waals surface area contributed by atoms with E-state index in [4.69, 9.17) is 14.7 Å². The first-order chi connectivity index (χ1) is 14.5. The lowest BCUT2D eigenvalue weighted by atomic mass is 10.2. The van der Waals surface area contributed by atoms with Crippen molar-refractivity contribution in [2.75, 3.05) is 11.9 Å². The Balaban J connectivity index is 1.83. The monoisotopic (exact) mass is 438 g/mol. The van der Waals surface area contributed by atoms with Gasteiger partial charge in [-0.2, -0.15) is 5.26 Å². The van der Waals surface area contributed by atoms with Crippen molar-refractivity contribution in [1.29, 1.82) is 5.26 Å². The van der Waals surface area contributed by atoms with E-state index in [0.29, 0.717) is 37.4 Å². The number of thiophene rings is 1. The van der Waals surface area contributed by atoms with E-state index in [9.17, 15) is 9.59 Å². The smallest absolute Gasteiger partial charge is 0.348 e. The largest absolute Gasteiger partial charge is 0.462 e. The number of amides is 1. The second-order valence-electron chi connectivity index (χ2n) is 6.03. The number of carbonyl (C=O) groups is 2. The third kappa shape index (κ3) is 5.00. The van der Waals surface area contributed by atoms with E-state index in [2.05, 4.69) is 5.32 Å². The zero-order valence-corrected chi connectivity index (χ0v) is 17.9. The number of nitrogens with one attached hydrogen (secondary N) is 1. The maximum Gasteiger partial charge on any atom is 0.348 e. The molecule has 3 aromatic rings. The van der Waals surface area contributed by atoms with Crippen molar-refractivity contribution in [2.24, 2.45) is 0 Å². The average molecular weight is 439 g/mol. The van der Waals surface area contributed by atoms with Gasteiger partial charge in [0, 0.05) is 5.56 Å². The summed E-state index contributed by atoms with van der Waals surface area (Å²) in [7, 11) is 0. The highest BCUT2D eigenvalue weighted by Gasteiger charge is 2.23. The Labute approximate surface area is 182 Å². The lowest BCUT2D eigenvalue weighted by Gasteiger charge is -2.08. The van der Waals surface area contributed by atoms with Crippen LogP contribution in [0.15, 0.2) is 59.5 Å². The second-order valence-corrected chi connectivity index (χ2v) is 7.84. The molecule has 1 heterocycles. The normalized spacial score (nSPS) is 10.2.